The third kappa shape index (κ3) is 6.09. The van der Waals surface area contributed by atoms with Crippen LogP contribution in [0.15, 0.2) is 52.1 Å². The smallest absolute Gasteiger partial charge is 0.277 e. The highest BCUT2D eigenvalue weighted by Crippen LogP contribution is 2.21. The number of hydrogen-bond acceptors (Lipinski definition) is 6. The molecule has 1 N–H and O–H groups in total. The Bertz CT molecular complexity index is 968. The summed E-state index contributed by atoms with van der Waals surface area (Å²) < 4.78 is 11.2. The number of thioether (sulfide) groups is 1. The van der Waals surface area contributed by atoms with Gasteiger partial charge in [0.1, 0.15) is 5.75 Å². The lowest BCUT2D eigenvalue weighted by Crippen LogP contribution is -2.14. The van der Waals surface area contributed by atoms with Crippen LogP contribution < -0.4 is 10.1 Å². The Labute approximate surface area is 175 Å². The normalized spacial score (nSPS) is 10.9. The van der Waals surface area contributed by atoms with Crippen LogP contribution in [0.5, 0.6) is 5.75 Å². The number of nitrogens with zero attached hydrogens (tertiary/aromatic N) is 2. The molecule has 1 amide bonds. The van der Waals surface area contributed by atoms with Crippen molar-refractivity contribution in [2.45, 2.75) is 45.4 Å². The molecule has 0 aliphatic rings. The summed E-state index contributed by atoms with van der Waals surface area (Å²) >= 11 is 1.20. The third-order valence-corrected chi connectivity index (χ3v) is 5.17. The van der Waals surface area contributed by atoms with Crippen LogP contribution in [-0.4, -0.2) is 21.9 Å². The van der Waals surface area contributed by atoms with Crippen molar-refractivity contribution >= 4 is 23.4 Å². The zero-order chi connectivity index (χ0) is 20.8. The van der Waals surface area contributed by atoms with Gasteiger partial charge in [0.05, 0.1) is 5.75 Å². The van der Waals surface area contributed by atoms with E-state index < -0.39 is 0 Å². The van der Waals surface area contributed by atoms with E-state index in [0.29, 0.717) is 17.0 Å². The summed E-state index contributed by atoms with van der Waals surface area (Å²) in [6.45, 7) is 8.43. The number of carbonyl (C=O) groups excluding carboxylic acids is 1. The minimum absolute atomic E-state index is 0.120. The molecule has 1 aromatic heterocycles. The van der Waals surface area contributed by atoms with Gasteiger partial charge in [0.2, 0.25) is 5.91 Å². The molecule has 0 unspecified atom stereocenters. The van der Waals surface area contributed by atoms with Crippen molar-refractivity contribution in [3.63, 3.8) is 0 Å². The van der Waals surface area contributed by atoms with Crippen LogP contribution in [0.3, 0.4) is 0 Å². The Morgan fingerprint density at radius 2 is 1.90 bits per heavy atom. The van der Waals surface area contributed by atoms with Gasteiger partial charge >= 0.3 is 0 Å². The van der Waals surface area contributed by atoms with E-state index in [1.807, 2.05) is 56.3 Å². The van der Waals surface area contributed by atoms with E-state index in [9.17, 15) is 4.79 Å². The molecule has 0 atom stereocenters. The van der Waals surface area contributed by atoms with Gasteiger partial charge < -0.3 is 14.5 Å². The molecule has 0 bridgehead atoms. The number of amides is 1. The average molecular weight is 412 g/mol. The van der Waals surface area contributed by atoms with Gasteiger partial charge in [0.25, 0.3) is 11.1 Å². The molecule has 0 spiro atoms. The zero-order valence-electron chi connectivity index (χ0n) is 17.1. The van der Waals surface area contributed by atoms with Crippen LogP contribution in [0.4, 0.5) is 5.69 Å². The molecule has 2 aromatic carbocycles. The van der Waals surface area contributed by atoms with E-state index in [-0.39, 0.29) is 18.3 Å². The fourth-order valence-electron chi connectivity index (χ4n) is 2.63. The van der Waals surface area contributed by atoms with Crippen molar-refractivity contribution in [2.24, 2.45) is 0 Å². The number of aryl methyl sites for hydroxylation is 2. The first-order chi connectivity index (χ1) is 13.9. The molecule has 0 saturated carbocycles. The Hall–Kier alpha value is -2.80. The molecule has 0 saturated heterocycles. The fraction of sp³-hybridized carbons (Fsp3) is 0.318. The summed E-state index contributed by atoms with van der Waals surface area (Å²) in [7, 11) is 0. The van der Waals surface area contributed by atoms with Crippen LogP contribution in [0.25, 0.3) is 0 Å². The lowest BCUT2D eigenvalue weighted by atomic mass is 10.0. The summed E-state index contributed by atoms with van der Waals surface area (Å²) in [5.74, 6) is 1.66. The van der Waals surface area contributed by atoms with E-state index >= 15 is 0 Å². The maximum Gasteiger partial charge on any atom is 0.277 e. The van der Waals surface area contributed by atoms with Crippen LogP contribution in [0.2, 0.25) is 0 Å². The summed E-state index contributed by atoms with van der Waals surface area (Å²) in [5, 5.41) is 11.2. The number of nitrogens with one attached hydrogen (secondary N) is 1. The number of rotatable bonds is 8. The number of benzene rings is 2. The van der Waals surface area contributed by atoms with Crippen LogP contribution >= 0.6 is 11.8 Å². The van der Waals surface area contributed by atoms with Crippen molar-refractivity contribution < 1.29 is 13.9 Å². The van der Waals surface area contributed by atoms with E-state index in [2.05, 4.69) is 29.4 Å². The van der Waals surface area contributed by atoms with Crippen molar-refractivity contribution in [3.05, 3.63) is 65.0 Å². The van der Waals surface area contributed by atoms with E-state index in [4.69, 9.17) is 9.15 Å². The first-order valence-electron chi connectivity index (χ1n) is 9.46. The SMILES string of the molecule is Cc1ccc(C)c(NC(=O)CSc2nnc(COc3ccc(C(C)C)cc3)o2)c1. The molecule has 0 aliphatic carbocycles. The predicted molar refractivity (Wildman–Crippen MR) is 114 cm³/mol. The van der Waals surface area contributed by atoms with Gasteiger partial charge in [-0.3, -0.25) is 4.79 Å². The van der Waals surface area contributed by atoms with E-state index in [1.165, 1.54) is 17.3 Å². The number of aromatic nitrogens is 2. The van der Waals surface area contributed by atoms with Crippen molar-refractivity contribution in [3.8, 4) is 5.75 Å². The molecule has 3 rings (SSSR count). The lowest BCUT2D eigenvalue weighted by molar-refractivity contribution is -0.113. The summed E-state index contributed by atoms with van der Waals surface area (Å²) in [4.78, 5) is 12.2. The molecular weight excluding hydrogens is 386 g/mol. The topological polar surface area (TPSA) is 77.2 Å². The van der Waals surface area contributed by atoms with Gasteiger partial charge in [-0.05, 0) is 54.7 Å². The zero-order valence-corrected chi connectivity index (χ0v) is 17.9. The molecule has 3 aromatic rings. The standard InChI is InChI=1S/C22H25N3O3S/c1-14(2)17-7-9-18(10-8-17)27-12-21-24-25-22(28-21)29-13-20(26)23-19-11-15(3)5-6-16(19)4/h5-11,14H,12-13H2,1-4H3,(H,23,26). The number of ether oxygens (including phenoxy) is 1. The predicted octanol–water partition coefficient (Wildman–Crippen LogP) is 5.12. The molecule has 7 heteroatoms. The van der Waals surface area contributed by atoms with Gasteiger partial charge in [0, 0.05) is 5.69 Å². The Kier molecular flexibility index (Phi) is 6.93. The highest BCUT2D eigenvalue weighted by atomic mass is 32.2. The molecule has 0 radical (unpaired) electrons. The van der Waals surface area contributed by atoms with Gasteiger partial charge in [-0.15, -0.1) is 10.2 Å². The molecular formula is C22H25N3O3S. The second kappa shape index (κ2) is 9.60. The van der Waals surface area contributed by atoms with Gasteiger partial charge in [0.15, 0.2) is 6.61 Å². The molecule has 0 aliphatic heterocycles. The maximum atomic E-state index is 12.2. The Morgan fingerprint density at radius 1 is 1.14 bits per heavy atom. The minimum Gasteiger partial charge on any atom is -0.484 e. The quantitative estimate of drug-likeness (QED) is 0.519. The maximum absolute atomic E-state index is 12.2. The minimum atomic E-state index is -0.120. The monoisotopic (exact) mass is 411 g/mol. The van der Waals surface area contributed by atoms with Crippen LogP contribution in [-0.2, 0) is 11.4 Å². The van der Waals surface area contributed by atoms with Gasteiger partial charge in [-0.1, -0.05) is 49.9 Å². The average Bonchev–Trinajstić information content (AvgIpc) is 3.16. The highest BCUT2D eigenvalue weighted by Gasteiger charge is 2.11. The summed E-state index contributed by atoms with van der Waals surface area (Å²) in [5.41, 5.74) is 4.19. The molecule has 6 nitrogen and oxygen atoms in total. The fourth-order valence-corrected chi connectivity index (χ4v) is 3.21. The second-order valence-corrected chi connectivity index (χ2v) is 8.06. The highest BCUT2D eigenvalue weighted by molar-refractivity contribution is 7.99. The van der Waals surface area contributed by atoms with Gasteiger partial charge in [-0.2, -0.15) is 0 Å². The lowest BCUT2D eigenvalue weighted by Gasteiger charge is -2.08. The largest absolute Gasteiger partial charge is 0.484 e. The van der Waals surface area contributed by atoms with Crippen molar-refractivity contribution in [1.29, 1.82) is 0 Å². The number of hydrogen-bond donors (Lipinski definition) is 1. The second-order valence-electron chi connectivity index (χ2n) is 7.13. The van der Waals surface area contributed by atoms with Gasteiger partial charge in [-0.25, -0.2) is 0 Å². The van der Waals surface area contributed by atoms with Crippen molar-refractivity contribution in [1.82, 2.24) is 10.2 Å². The number of anilines is 1. The number of carbonyl (C=O) groups is 1. The molecule has 0 fully saturated rings. The summed E-state index contributed by atoms with van der Waals surface area (Å²) in [6.07, 6.45) is 0. The third-order valence-electron chi connectivity index (χ3n) is 4.35. The summed E-state index contributed by atoms with van der Waals surface area (Å²) in [6, 6.07) is 13.9. The first kappa shape index (κ1) is 20.9. The Morgan fingerprint density at radius 3 is 2.62 bits per heavy atom. The first-order valence-corrected chi connectivity index (χ1v) is 10.4. The molecule has 152 valence electrons. The molecule has 1 heterocycles. The van der Waals surface area contributed by atoms with E-state index in [1.54, 1.807) is 0 Å². The van der Waals surface area contributed by atoms with Crippen molar-refractivity contribution in [2.75, 3.05) is 11.1 Å². The van der Waals surface area contributed by atoms with Crippen LogP contribution in [0, 0.1) is 13.8 Å². The Balaban J connectivity index is 1.47. The van der Waals surface area contributed by atoms with E-state index in [0.717, 1.165) is 22.6 Å². The molecule has 29 heavy (non-hydrogen) atoms. The van der Waals surface area contributed by atoms with Crippen LogP contribution in [0.1, 0.15) is 42.3 Å².